The maximum Gasteiger partial charge on any atom is 0.244 e. The van der Waals surface area contributed by atoms with Gasteiger partial charge in [0.1, 0.15) is 4.08 Å². The molecule has 2 N–H and O–H groups in total. The van der Waals surface area contributed by atoms with Crippen LogP contribution >= 0.6 is 47.0 Å². The second-order valence-corrected chi connectivity index (χ2v) is 13.9. The van der Waals surface area contributed by atoms with Crippen LogP contribution < -0.4 is 5.73 Å². The van der Waals surface area contributed by atoms with Gasteiger partial charge in [-0.2, -0.15) is 0 Å². The standard InChI is InChI=1S/C10H15NOS4/c1-7-4-8(2)14-9(3,13-7)5-10(15-7,16-8)6(11)12/h4-5H2,1-3H3,(H2,11,12). The van der Waals surface area contributed by atoms with Gasteiger partial charge in [0.25, 0.3) is 0 Å². The van der Waals surface area contributed by atoms with Gasteiger partial charge < -0.3 is 5.73 Å². The topological polar surface area (TPSA) is 43.1 Å². The summed E-state index contributed by atoms with van der Waals surface area (Å²) in [5.74, 6) is -0.133. The third kappa shape index (κ3) is 1.56. The highest BCUT2D eigenvalue weighted by Gasteiger charge is 2.68. The van der Waals surface area contributed by atoms with Crippen molar-refractivity contribution in [3.63, 3.8) is 0 Å². The van der Waals surface area contributed by atoms with Crippen molar-refractivity contribution in [2.75, 3.05) is 0 Å². The SMILES string of the molecule is CC12CC3(C(N)=O)SC(C)(CC(C)(S1)S3)S2. The maximum atomic E-state index is 11.8. The lowest BCUT2D eigenvalue weighted by Gasteiger charge is -2.65. The fraction of sp³-hybridized carbons (Fsp3) is 0.900. The molecule has 2 atom stereocenters. The Hall–Kier alpha value is 0.870. The molecule has 4 aliphatic rings. The molecule has 4 rings (SSSR count). The van der Waals surface area contributed by atoms with E-state index in [0.29, 0.717) is 0 Å². The maximum absolute atomic E-state index is 11.8. The van der Waals surface area contributed by atoms with Crippen LogP contribution in [0, 0.1) is 0 Å². The van der Waals surface area contributed by atoms with Crippen LogP contribution in [0.1, 0.15) is 33.6 Å². The van der Waals surface area contributed by atoms with Gasteiger partial charge in [-0.05, 0) is 27.2 Å². The molecule has 2 unspecified atom stereocenters. The van der Waals surface area contributed by atoms with Gasteiger partial charge in [-0.1, -0.05) is 0 Å². The molecule has 0 aromatic carbocycles. The summed E-state index contributed by atoms with van der Waals surface area (Å²) < 4.78 is 0.0981. The monoisotopic (exact) mass is 293 g/mol. The van der Waals surface area contributed by atoms with E-state index in [0.717, 1.165) is 12.8 Å². The largest absolute Gasteiger partial charge is 0.368 e. The van der Waals surface area contributed by atoms with Crippen molar-refractivity contribution in [1.29, 1.82) is 0 Å². The second-order valence-electron chi connectivity index (χ2n) is 5.28. The number of carbonyl (C=O) groups is 1. The minimum absolute atomic E-state index is 0.133. The Morgan fingerprint density at radius 3 is 1.75 bits per heavy atom. The van der Waals surface area contributed by atoms with Crippen LogP contribution in [0.5, 0.6) is 0 Å². The van der Waals surface area contributed by atoms with Crippen LogP contribution in [0.25, 0.3) is 0 Å². The molecule has 1 amide bonds. The Kier molecular flexibility index (Phi) is 2.28. The first kappa shape index (κ1) is 11.9. The molecular formula is C10H15NOS4. The molecule has 0 spiro atoms. The lowest BCUT2D eigenvalue weighted by atomic mass is 10.2. The van der Waals surface area contributed by atoms with Crippen molar-refractivity contribution in [3.8, 4) is 0 Å². The predicted molar refractivity (Wildman–Crippen MR) is 76.7 cm³/mol. The summed E-state index contributed by atoms with van der Waals surface area (Å²) in [5.41, 5.74) is 5.67. The van der Waals surface area contributed by atoms with Crippen molar-refractivity contribution in [2.24, 2.45) is 5.73 Å². The minimum atomic E-state index is -0.382. The Balaban J connectivity index is 2.11. The average molecular weight is 294 g/mol. The number of primary amides is 1. The molecule has 4 heterocycles. The molecule has 0 radical (unpaired) electrons. The highest BCUT2D eigenvalue weighted by Crippen LogP contribution is 2.80. The number of hydrogen-bond acceptors (Lipinski definition) is 5. The summed E-state index contributed by atoms with van der Waals surface area (Å²) in [6.45, 7) is 6.82. The lowest BCUT2D eigenvalue weighted by molar-refractivity contribution is -0.118. The van der Waals surface area contributed by atoms with E-state index in [1.165, 1.54) is 0 Å². The van der Waals surface area contributed by atoms with E-state index in [4.69, 9.17) is 5.73 Å². The van der Waals surface area contributed by atoms with E-state index in [2.05, 4.69) is 20.8 Å². The molecule has 4 bridgehead atoms. The van der Waals surface area contributed by atoms with Crippen molar-refractivity contribution < 1.29 is 4.79 Å². The first-order valence-corrected chi connectivity index (χ1v) is 8.56. The van der Waals surface area contributed by atoms with Gasteiger partial charge in [0, 0.05) is 6.42 Å². The van der Waals surface area contributed by atoms with Gasteiger partial charge in [0.05, 0.1) is 12.2 Å². The van der Waals surface area contributed by atoms with Crippen LogP contribution in [0.3, 0.4) is 0 Å². The zero-order valence-electron chi connectivity index (χ0n) is 9.53. The number of amides is 1. The molecule has 4 fully saturated rings. The molecule has 0 aromatic heterocycles. The number of hydrogen-bond donors (Lipinski definition) is 1. The number of rotatable bonds is 1. The average Bonchev–Trinajstić information content (AvgIpc) is 1.92. The van der Waals surface area contributed by atoms with Crippen LogP contribution in [-0.4, -0.2) is 22.2 Å². The van der Waals surface area contributed by atoms with Crippen LogP contribution in [0.4, 0.5) is 0 Å². The first-order valence-electron chi connectivity index (χ1n) is 5.29. The van der Waals surface area contributed by atoms with Crippen LogP contribution in [0.2, 0.25) is 0 Å². The predicted octanol–water partition coefficient (Wildman–Crippen LogP) is 3.07. The minimum Gasteiger partial charge on any atom is -0.368 e. The third-order valence-corrected chi connectivity index (χ3v) is 10.0. The van der Waals surface area contributed by atoms with E-state index in [1.807, 2.05) is 23.5 Å². The van der Waals surface area contributed by atoms with Gasteiger partial charge in [-0.15, -0.1) is 47.0 Å². The summed E-state index contributed by atoms with van der Waals surface area (Å²) in [4.78, 5) is 11.8. The normalized spacial score (nSPS) is 58.9. The quantitative estimate of drug-likeness (QED) is 0.805. The third-order valence-electron chi connectivity index (χ3n) is 3.20. The summed E-state index contributed by atoms with van der Waals surface area (Å²) >= 11 is 7.66. The smallest absolute Gasteiger partial charge is 0.244 e. The Morgan fingerprint density at radius 1 is 0.938 bits per heavy atom. The van der Waals surface area contributed by atoms with E-state index in [-0.39, 0.29) is 22.2 Å². The number of carbonyl (C=O) groups excluding carboxylic acids is 1. The molecule has 4 saturated heterocycles. The van der Waals surface area contributed by atoms with Crippen molar-refractivity contribution >= 4 is 53.0 Å². The van der Waals surface area contributed by atoms with Gasteiger partial charge >= 0.3 is 0 Å². The van der Waals surface area contributed by atoms with E-state index in [1.54, 1.807) is 23.5 Å². The van der Waals surface area contributed by atoms with Crippen LogP contribution in [-0.2, 0) is 4.79 Å². The zero-order valence-corrected chi connectivity index (χ0v) is 12.8. The zero-order chi connectivity index (χ0) is 11.8. The summed E-state index contributed by atoms with van der Waals surface area (Å²) in [7, 11) is 0. The van der Waals surface area contributed by atoms with E-state index < -0.39 is 0 Å². The second kappa shape index (κ2) is 3.06. The fourth-order valence-corrected chi connectivity index (χ4v) is 15.5. The summed E-state index contributed by atoms with van der Waals surface area (Å²) in [5, 5.41) is 0. The highest BCUT2D eigenvalue weighted by atomic mass is 32.3. The Morgan fingerprint density at radius 2 is 1.38 bits per heavy atom. The number of thioether (sulfide) groups is 4. The molecule has 0 aromatic rings. The van der Waals surface area contributed by atoms with Crippen LogP contribution in [0.15, 0.2) is 0 Å². The van der Waals surface area contributed by atoms with Gasteiger partial charge in [0.2, 0.25) is 5.91 Å². The van der Waals surface area contributed by atoms with E-state index >= 15 is 0 Å². The van der Waals surface area contributed by atoms with Crippen molar-refractivity contribution in [2.45, 2.75) is 49.9 Å². The van der Waals surface area contributed by atoms with Gasteiger partial charge in [-0.3, -0.25) is 4.79 Å². The Labute approximate surface area is 113 Å². The van der Waals surface area contributed by atoms with Gasteiger partial charge in [-0.25, -0.2) is 0 Å². The van der Waals surface area contributed by atoms with Gasteiger partial charge in [0.15, 0.2) is 0 Å². The first-order chi connectivity index (χ1) is 7.19. The molecule has 2 nitrogen and oxygen atoms in total. The van der Waals surface area contributed by atoms with E-state index in [9.17, 15) is 4.79 Å². The Bertz CT molecular complexity index is 331. The lowest BCUT2D eigenvalue weighted by Crippen LogP contribution is -2.61. The van der Waals surface area contributed by atoms with Crippen molar-refractivity contribution in [3.05, 3.63) is 0 Å². The molecule has 6 heteroatoms. The molecule has 4 aliphatic heterocycles. The molecule has 0 saturated carbocycles. The molecule has 16 heavy (non-hydrogen) atoms. The molecule has 0 aliphatic carbocycles. The summed E-state index contributed by atoms with van der Waals surface area (Å²) in [6.07, 6.45) is 2.04. The molecular weight excluding hydrogens is 278 g/mol. The summed E-state index contributed by atoms with van der Waals surface area (Å²) in [6, 6.07) is 0. The fourth-order valence-electron chi connectivity index (χ4n) is 3.18. The molecule has 90 valence electrons. The van der Waals surface area contributed by atoms with Crippen molar-refractivity contribution in [1.82, 2.24) is 0 Å². The highest BCUT2D eigenvalue weighted by molar-refractivity contribution is 8.38. The number of nitrogens with two attached hydrogens (primary N) is 1.